The largest absolute Gasteiger partial charge is 0.483 e. The molecule has 0 aromatic carbocycles. The molecule has 3 aliphatic heterocycles. The number of fused-ring (bicyclic) bond motifs is 2. The van der Waals surface area contributed by atoms with Crippen molar-refractivity contribution in [3.8, 4) is 0 Å². The minimum Gasteiger partial charge on any atom is -0.483 e. The van der Waals surface area contributed by atoms with E-state index in [0.717, 1.165) is 51.0 Å². The van der Waals surface area contributed by atoms with E-state index in [2.05, 4.69) is 4.90 Å². The summed E-state index contributed by atoms with van der Waals surface area (Å²) in [4.78, 5) is 37.2. The summed E-state index contributed by atoms with van der Waals surface area (Å²) in [5.41, 5.74) is 0.799. The number of carboxylic acids is 1. The van der Waals surface area contributed by atoms with Gasteiger partial charge >= 0.3 is 5.97 Å². The molecule has 2 N–H and O–H groups in total. The smallest absolute Gasteiger partial charge is 0.345 e. The highest BCUT2D eigenvalue weighted by molar-refractivity contribution is 7.14. The first-order chi connectivity index (χ1) is 13.4. The summed E-state index contributed by atoms with van der Waals surface area (Å²) in [6.45, 7) is 4.11. The number of carboxylic acid groups (broad SMARTS) is 2. The van der Waals surface area contributed by atoms with Gasteiger partial charge in [-0.3, -0.25) is 9.59 Å². The Hall–Kier alpha value is -1.97. The summed E-state index contributed by atoms with van der Waals surface area (Å²) in [6, 6.07) is 1.84. The molecule has 1 atom stereocenters. The van der Waals surface area contributed by atoms with Gasteiger partial charge in [0.15, 0.2) is 0 Å². The zero-order chi connectivity index (χ0) is 20.3. The second kappa shape index (κ2) is 8.59. The summed E-state index contributed by atoms with van der Waals surface area (Å²) in [5.74, 6) is -0.172. The summed E-state index contributed by atoms with van der Waals surface area (Å²) < 4.78 is 6.20. The third-order valence-corrected chi connectivity index (χ3v) is 7.00. The lowest BCUT2D eigenvalue weighted by Gasteiger charge is -2.44. The monoisotopic (exact) mass is 410 g/mol. The maximum atomic E-state index is 11.7. The summed E-state index contributed by atoms with van der Waals surface area (Å²) >= 11 is 1.40. The minimum absolute atomic E-state index is 0.248. The van der Waals surface area contributed by atoms with Gasteiger partial charge in [0.05, 0.1) is 12.2 Å². The van der Waals surface area contributed by atoms with E-state index < -0.39 is 5.97 Å². The number of piperidine rings is 1. The molecule has 2 fully saturated rings. The van der Waals surface area contributed by atoms with Crippen LogP contribution in [0, 0.1) is 5.92 Å². The molecule has 1 spiro atoms. The van der Waals surface area contributed by atoms with Crippen LogP contribution >= 0.6 is 11.3 Å². The molecule has 0 aliphatic carbocycles. The number of carbonyl (C=O) groups is 3. The van der Waals surface area contributed by atoms with E-state index in [4.69, 9.17) is 14.6 Å². The maximum absolute atomic E-state index is 11.7. The molecule has 1 aromatic rings. The zero-order valence-electron chi connectivity index (χ0n) is 15.9. The Kier molecular flexibility index (Phi) is 6.36. The van der Waals surface area contributed by atoms with Crippen LogP contribution in [-0.4, -0.2) is 78.2 Å². The lowest BCUT2D eigenvalue weighted by atomic mass is 9.82. The molecule has 2 saturated heterocycles. The van der Waals surface area contributed by atoms with E-state index in [1.165, 1.54) is 16.2 Å². The van der Waals surface area contributed by atoms with Gasteiger partial charge in [-0.25, -0.2) is 4.79 Å². The SMILES string of the molecule is CN1CC(CN2CCC3(CC2)OCCc2sc(C(=O)O)cc23)CC1=O.O=CO. The van der Waals surface area contributed by atoms with Gasteiger partial charge in [-0.15, -0.1) is 11.3 Å². The molecule has 3 aliphatic rings. The van der Waals surface area contributed by atoms with Crippen LogP contribution in [0.15, 0.2) is 6.07 Å². The number of hydrogen-bond acceptors (Lipinski definition) is 6. The van der Waals surface area contributed by atoms with Crippen LogP contribution in [0.5, 0.6) is 0 Å². The van der Waals surface area contributed by atoms with Crippen molar-refractivity contribution in [3.05, 3.63) is 21.4 Å². The van der Waals surface area contributed by atoms with Gasteiger partial charge in [0.25, 0.3) is 6.47 Å². The Bertz CT molecular complexity index is 741. The molecule has 0 saturated carbocycles. The van der Waals surface area contributed by atoms with E-state index >= 15 is 0 Å². The van der Waals surface area contributed by atoms with Crippen LogP contribution in [0.2, 0.25) is 0 Å². The highest BCUT2D eigenvalue weighted by Gasteiger charge is 2.43. The molecule has 1 aromatic heterocycles. The van der Waals surface area contributed by atoms with Crippen molar-refractivity contribution < 1.29 is 29.3 Å². The van der Waals surface area contributed by atoms with Crippen LogP contribution in [0.4, 0.5) is 0 Å². The number of aromatic carboxylic acids is 1. The molecule has 0 bridgehead atoms. The van der Waals surface area contributed by atoms with E-state index in [-0.39, 0.29) is 18.0 Å². The first-order valence-corrected chi connectivity index (χ1v) is 10.2. The number of thiophene rings is 1. The van der Waals surface area contributed by atoms with Crippen molar-refractivity contribution in [1.29, 1.82) is 0 Å². The van der Waals surface area contributed by atoms with E-state index in [1.807, 2.05) is 18.0 Å². The normalized spacial score (nSPS) is 23.8. The number of amides is 1. The van der Waals surface area contributed by atoms with Crippen molar-refractivity contribution in [2.45, 2.75) is 31.3 Å². The minimum atomic E-state index is -0.845. The molecule has 1 amide bonds. The fraction of sp³-hybridized carbons (Fsp3) is 0.632. The number of ether oxygens (including phenoxy) is 1. The third kappa shape index (κ3) is 4.21. The quantitative estimate of drug-likeness (QED) is 0.727. The molecule has 8 nitrogen and oxygen atoms in total. The Morgan fingerprint density at radius 2 is 2.11 bits per heavy atom. The van der Waals surface area contributed by atoms with Crippen molar-refractivity contribution in [1.82, 2.24) is 9.80 Å². The van der Waals surface area contributed by atoms with Gasteiger partial charge in [0.2, 0.25) is 5.91 Å². The maximum Gasteiger partial charge on any atom is 0.345 e. The fourth-order valence-corrected chi connectivity index (χ4v) is 5.55. The summed E-state index contributed by atoms with van der Waals surface area (Å²) in [6.07, 6.45) is 3.26. The predicted octanol–water partition coefficient (Wildman–Crippen LogP) is 1.49. The lowest BCUT2D eigenvalue weighted by molar-refractivity contribution is -0.126. The lowest BCUT2D eigenvalue weighted by Crippen LogP contribution is -2.47. The Morgan fingerprint density at radius 3 is 2.68 bits per heavy atom. The van der Waals surface area contributed by atoms with E-state index in [9.17, 15) is 14.7 Å². The summed E-state index contributed by atoms with van der Waals surface area (Å²) in [7, 11) is 1.88. The highest BCUT2D eigenvalue weighted by atomic mass is 32.1. The van der Waals surface area contributed by atoms with Gasteiger partial charge in [-0.1, -0.05) is 0 Å². The van der Waals surface area contributed by atoms with Crippen LogP contribution in [0.25, 0.3) is 0 Å². The topological polar surface area (TPSA) is 107 Å². The van der Waals surface area contributed by atoms with Crippen molar-refractivity contribution in [2.24, 2.45) is 5.92 Å². The van der Waals surface area contributed by atoms with Gasteiger partial charge in [-0.05, 0) is 30.4 Å². The zero-order valence-corrected chi connectivity index (χ0v) is 16.7. The molecule has 154 valence electrons. The predicted molar refractivity (Wildman–Crippen MR) is 103 cm³/mol. The third-order valence-electron chi connectivity index (χ3n) is 5.82. The number of rotatable bonds is 3. The Labute approximate surface area is 167 Å². The van der Waals surface area contributed by atoms with E-state index in [0.29, 0.717) is 23.8 Å². The second-order valence-electron chi connectivity index (χ2n) is 7.60. The molecular weight excluding hydrogens is 384 g/mol. The standard InChI is InChI=1S/C18H24N2O4S.CH2O2/c1-19-10-12(8-16(19)21)11-20-5-3-18(4-6-20)13-9-15(17(22)23)25-14(13)2-7-24-18;2-1-3/h9,12H,2-8,10-11H2,1H3,(H,22,23);1H,(H,2,3). The van der Waals surface area contributed by atoms with Gasteiger partial charge in [0, 0.05) is 50.9 Å². The van der Waals surface area contributed by atoms with Crippen LogP contribution < -0.4 is 0 Å². The molecular formula is C19H26N2O6S. The van der Waals surface area contributed by atoms with Crippen molar-refractivity contribution in [2.75, 3.05) is 39.8 Å². The number of carbonyl (C=O) groups excluding carboxylic acids is 1. The Balaban J connectivity index is 0.000000706. The molecule has 28 heavy (non-hydrogen) atoms. The average Bonchev–Trinajstić information content (AvgIpc) is 3.23. The first kappa shape index (κ1) is 20.8. The van der Waals surface area contributed by atoms with Gasteiger partial charge < -0.3 is 24.7 Å². The highest BCUT2D eigenvalue weighted by Crippen LogP contribution is 2.44. The van der Waals surface area contributed by atoms with E-state index in [1.54, 1.807) is 0 Å². The second-order valence-corrected chi connectivity index (χ2v) is 8.73. The number of hydrogen-bond donors (Lipinski definition) is 2. The first-order valence-electron chi connectivity index (χ1n) is 9.43. The molecule has 4 rings (SSSR count). The number of nitrogens with zero attached hydrogens (tertiary/aromatic N) is 2. The number of likely N-dealkylation sites (tertiary alicyclic amines) is 2. The fourth-order valence-electron chi connectivity index (χ4n) is 4.48. The molecule has 0 radical (unpaired) electrons. The summed E-state index contributed by atoms with van der Waals surface area (Å²) in [5, 5.41) is 16.2. The van der Waals surface area contributed by atoms with Gasteiger partial charge in [0.1, 0.15) is 4.88 Å². The van der Waals surface area contributed by atoms with Crippen LogP contribution in [-0.2, 0) is 26.3 Å². The molecule has 4 heterocycles. The van der Waals surface area contributed by atoms with Crippen molar-refractivity contribution in [3.63, 3.8) is 0 Å². The van der Waals surface area contributed by atoms with Crippen molar-refractivity contribution >= 4 is 29.7 Å². The van der Waals surface area contributed by atoms with Gasteiger partial charge in [-0.2, -0.15) is 0 Å². The average molecular weight is 410 g/mol. The molecule has 1 unspecified atom stereocenters. The van der Waals surface area contributed by atoms with Crippen LogP contribution in [0.3, 0.4) is 0 Å². The van der Waals surface area contributed by atoms with Crippen LogP contribution in [0.1, 0.15) is 39.4 Å². The molecule has 9 heteroatoms. The Morgan fingerprint density at radius 1 is 1.43 bits per heavy atom.